The zero-order chi connectivity index (χ0) is 12.4. The molecular formula is C13H23N3OS. The third kappa shape index (κ3) is 2.68. The SMILES string of the molecule is O=C(C1CCCS1)N1CCC(N2CCNCC2)C1. The van der Waals surface area contributed by atoms with Crippen molar-refractivity contribution in [3.63, 3.8) is 0 Å². The van der Waals surface area contributed by atoms with Crippen LogP contribution in [-0.2, 0) is 4.79 Å². The van der Waals surface area contributed by atoms with Crippen molar-refractivity contribution in [1.82, 2.24) is 15.1 Å². The Morgan fingerprint density at radius 1 is 1.17 bits per heavy atom. The van der Waals surface area contributed by atoms with Crippen LogP contribution in [0.15, 0.2) is 0 Å². The van der Waals surface area contributed by atoms with Gasteiger partial charge in [0.05, 0.1) is 5.25 Å². The second-order valence-corrected chi connectivity index (χ2v) is 6.82. The topological polar surface area (TPSA) is 35.6 Å². The summed E-state index contributed by atoms with van der Waals surface area (Å²) in [6, 6.07) is 0.613. The van der Waals surface area contributed by atoms with Crippen LogP contribution in [0.2, 0.25) is 0 Å². The molecule has 3 saturated heterocycles. The van der Waals surface area contributed by atoms with Crippen molar-refractivity contribution in [2.24, 2.45) is 0 Å². The van der Waals surface area contributed by atoms with Gasteiger partial charge in [0, 0.05) is 45.3 Å². The third-order valence-electron chi connectivity index (χ3n) is 4.35. The van der Waals surface area contributed by atoms with Crippen molar-refractivity contribution in [2.75, 3.05) is 45.0 Å². The van der Waals surface area contributed by atoms with Gasteiger partial charge in [0.2, 0.25) is 5.91 Å². The van der Waals surface area contributed by atoms with Gasteiger partial charge >= 0.3 is 0 Å². The number of rotatable bonds is 2. The Morgan fingerprint density at radius 3 is 2.72 bits per heavy atom. The second-order valence-electron chi connectivity index (χ2n) is 5.51. The van der Waals surface area contributed by atoms with Crippen LogP contribution in [-0.4, -0.2) is 72.0 Å². The van der Waals surface area contributed by atoms with Gasteiger partial charge in [-0.25, -0.2) is 0 Å². The molecule has 2 atom stereocenters. The van der Waals surface area contributed by atoms with Gasteiger partial charge in [0.15, 0.2) is 0 Å². The highest BCUT2D eigenvalue weighted by Gasteiger charge is 2.34. The summed E-state index contributed by atoms with van der Waals surface area (Å²) in [6.45, 7) is 6.43. The minimum absolute atomic E-state index is 0.270. The number of hydrogen-bond donors (Lipinski definition) is 1. The Morgan fingerprint density at radius 2 is 2.00 bits per heavy atom. The maximum absolute atomic E-state index is 12.4. The maximum Gasteiger partial charge on any atom is 0.235 e. The molecule has 2 unspecified atom stereocenters. The van der Waals surface area contributed by atoms with Gasteiger partial charge in [-0.3, -0.25) is 9.69 Å². The van der Waals surface area contributed by atoms with Crippen LogP contribution in [0.25, 0.3) is 0 Å². The smallest absolute Gasteiger partial charge is 0.235 e. The molecule has 1 amide bonds. The van der Waals surface area contributed by atoms with Crippen LogP contribution in [0.4, 0.5) is 0 Å². The standard InChI is InChI=1S/C13H23N3OS/c17-13(12-2-1-9-18-12)16-6-3-11(10-16)15-7-4-14-5-8-15/h11-12,14H,1-10H2. The van der Waals surface area contributed by atoms with E-state index in [1.165, 1.54) is 18.6 Å². The molecule has 3 aliphatic heterocycles. The van der Waals surface area contributed by atoms with E-state index in [1.807, 2.05) is 11.8 Å². The molecule has 0 radical (unpaired) electrons. The summed E-state index contributed by atoms with van der Waals surface area (Å²) in [6.07, 6.45) is 3.48. The number of amides is 1. The largest absolute Gasteiger partial charge is 0.340 e. The fourth-order valence-corrected chi connectivity index (χ4v) is 4.51. The van der Waals surface area contributed by atoms with Crippen molar-refractivity contribution in [3.05, 3.63) is 0 Å². The van der Waals surface area contributed by atoms with Gasteiger partial charge in [0.25, 0.3) is 0 Å². The van der Waals surface area contributed by atoms with E-state index in [-0.39, 0.29) is 5.25 Å². The summed E-state index contributed by atoms with van der Waals surface area (Å²) in [5.41, 5.74) is 0. The van der Waals surface area contributed by atoms with Gasteiger partial charge < -0.3 is 10.2 Å². The lowest BCUT2D eigenvalue weighted by molar-refractivity contribution is -0.129. The summed E-state index contributed by atoms with van der Waals surface area (Å²) < 4.78 is 0. The lowest BCUT2D eigenvalue weighted by atomic mass is 10.2. The highest BCUT2D eigenvalue weighted by atomic mass is 32.2. The molecule has 3 fully saturated rings. The molecule has 3 heterocycles. The lowest BCUT2D eigenvalue weighted by Crippen LogP contribution is -2.49. The predicted octanol–water partition coefficient (Wildman–Crippen LogP) is 0.388. The van der Waals surface area contributed by atoms with E-state index < -0.39 is 0 Å². The van der Waals surface area contributed by atoms with Crippen molar-refractivity contribution >= 4 is 17.7 Å². The minimum Gasteiger partial charge on any atom is -0.340 e. The third-order valence-corrected chi connectivity index (χ3v) is 5.71. The summed E-state index contributed by atoms with van der Waals surface area (Å²) in [4.78, 5) is 17.0. The van der Waals surface area contributed by atoms with E-state index in [4.69, 9.17) is 0 Å². The average molecular weight is 269 g/mol. The van der Waals surface area contributed by atoms with Crippen LogP contribution < -0.4 is 5.32 Å². The highest BCUT2D eigenvalue weighted by molar-refractivity contribution is 8.00. The first-order valence-electron chi connectivity index (χ1n) is 7.20. The number of nitrogens with zero attached hydrogens (tertiary/aromatic N) is 2. The van der Waals surface area contributed by atoms with Crippen molar-refractivity contribution in [3.8, 4) is 0 Å². The van der Waals surface area contributed by atoms with Crippen molar-refractivity contribution in [1.29, 1.82) is 0 Å². The predicted molar refractivity (Wildman–Crippen MR) is 74.9 cm³/mol. The fourth-order valence-electron chi connectivity index (χ4n) is 3.26. The zero-order valence-electron chi connectivity index (χ0n) is 10.9. The molecule has 4 nitrogen and oxygen atoms in total. The number of likely N-dealkylation sites (tertiary alicyclic amines) is 1. The first-order valence-corrected chi connectivity index (χ1v) is 8.24. The number of piperazine rings is 1. The van der Waals surface area contributed by atoms with Crippen molar-refractivity contribution < 1.29 is 4.79 Å². The number of carbonyl (C=O) groups is 1. The van der Waals surface area contributed by atoms with E-state index in [1.54, 1.807) is 0 Å². The van der Waals surface area contributed by atoms with Crippen LogP contribution in [0.1, 0.15) is 19.3 Å². The molecule has 18 heavy (non-hydrogen) atoms. The Bertz CT molecular complexity index is 301. The molecule has 0 aromatic carbocycles. The monoisotopic (exact) mass is 269 g/mol. The second kappa shape index (κ2) is 5.80. The fraction of sp³-hybridized carbons (Fsp3) is 0.923. The van der Waals surface area contributed by atoms with Gasteiger partial charge in [-0.05, 0) is 25.0 Å². The minimum atomic E-state index is 0.270. The Kier molecular flexibility index (Phi) is 4.11. The lowest BCUT2D eigenvalue weighted by Gasteiger charge is -2.32. The van der Waals surface area contributed by atoms with Gasteiger partial charge in [-0.2, -0.15) is 0 Å². The first-order chi connectivity index (χ1) is 8.84. The molecule has 0 spiro atoms. The number of thioether (sulfide) groups is 1. The zero-order valence-corrected chi connectivity index (χ0v) is 11.8. The van der Waals surface area contributed by atoms with E-state index in [2.05, 4.69) is 15.1 Å². The molecule has 5 heteroatoms. The normalized spacial score (nSPS) is 34.1. The van der Waals surface area contributed by atoms with Gasteiger partial charge in [-0.1, -0.05) is 0 Å². The molecule has 0 aliphatic carbocycles. The van der Waals surface area contributed by atoms with Gasteiger partial charge in [0.1, 0.15) is 0 Å². The highest BCUT2D eigenvalue weighted by Crippen LogP contribution is 2.29. The summed E-state index contributed by atoms with van der Waals surface area (Å²) >= 11 is 1.86. The van der Waals surface area contributed by atoms with Crippen LogP contribution >= 0.6 is 11.8 Å². The van der Waals surface area contributed by atoms with Crippen molar-refractivity contribution in [2.45, 2.75) is 30.6 Å². The number of carbonyl (C=O) groups excluding carboxylic acids is 1. The molecule has 0 saturated carbocycles. The molecule has 0 aromatic heterocycles. The average Bonchev–Trinajstić information content (AvgIpc) is 3.10. The molecule has 0 bridgehead atoms. The number of hydrogen-bond acceptors (Lipinski definition) is 4. The Hall–Kier alpha value is -0.260. The van der Waals surface area contributed by atoms with E-state index in [0.29, 0.717) is 11.9 Å². The van der Waals surface area contributed by atoms with Crippen LogP contribution in [0.3, 0.4) is 0 Å². The molecule has 3 rings (SSSR count). The van der Waals surface area contributed by atoms with E-state index in [0.717, 1.165) is 45.7 Å². The van der Waals surface area contributed by atoms with Crippen LogP contribution in [0.5, 0.6) is 0 Å². The van der Waals surface area contributed by atoms with E-state index in [9.17, 15) is 4.79 Å². The molecule has 1 N–H and O–H groups in total. The Labute approximate surface area is 113 Å². The molecular weight excluding hydrogens is 246 g/mol. The van der Waals surface area contributed by atoms with E-state index >= 15 is 0 Å². The summed E-state index contributed by atoms with van der Waals surface area (Å²) in [7, 11) is 0. The Balaban J connectivity index is 1.52. The van der Waals surface area contributed by atoms with Gasteiger partial charge in [-0.15, -0.1) is 11.8 Å². The van der Waals surface area contributed by atoms with Crippen LogP contribution in [0, 0.1) is 0 Å². The molecule has 0 aromatic rings. The number of nitrogens with one attached hydrogen (secondary N) is 1. The molecule has 102 valence electrons. The maximum atomic E-state index is 12.4. The molecule has 3 aliphatic rings. The summed E-state index contributed by atoms with van der Waals surface area (Å²) in [5, 5.41) is 3.66. The quantitative estimate of drug-likeness (QED) is 0.786. The first kappa shape index (κ1) is 12.8. The summed E-state index contributed by atoms with van der Waals surface area (Å²) in [5.74, 6) is 1.58.